The van der Waals surface area contributed by atoms with Gasteiger partial charge in [-0.15, -0.1) is 0 Å². The van der Waals surface area contributed by atoms with Crippen LogP contribution in [0, 0.1) is 11.3 Å². The third-order valence-electron chi connectivity index (χ3n) is 4.73. The van der Waals surface area contributed by atoms with Crippen molar-refractivity contribution in [1.82, 2.24) is 0 Å². The molecule has 2 aromatic rings. The van der Waals surface area contributed by atoms with Crippen molar-refractivity contribution in [2.45, 2.75) is 32.2 Å². The van der Waals surface area contributed by atoms with Crippen molar-refractivity contribution < 1.29 is 9.90 Å². The lowest BCUT2D eigenvalue weighted by Crippen LogP contribution is -2.20. The molecular weight excluding hydrogens is 328 g/mol. The Balaban J connectivity index is 1.60. The number of aryl methyl sites for hydroxylation is 1. The van der Waals surface area contributed by atoms with Crippen LogP contribution in [0.5, 0.6) is 0 Å². The van der Waals surface area contributed by atoms with Gasteiger partial charge in [0, 0.05) is 24.3 Å². The van der Waals surface area contributed by atoms with E-state index in [0.717, 1.165) is 36.2 Å². The highest BCUT2D eigenvalue weighted by atomic mass is 16.4. The summed E-state index contributed by atoms with van der Waals surface area (Å²) in [6.07, 6.45) is 2.99. The van der Waals surface area contributed by atoms with E-state index in [1.807, 2.05) is 24.3 Å². The van der Waals surface area contributed by atoms with Gasteiger partial charge in [-0.3, -0.25) is 10.2 Å². The number of rotatable bonds is 6. The van der Waals surface area contributed by atoms with Crippen molar-refractivity contribution >= 4 is 23.3 Å². The lowest BCUT2D eigenvalue weighted by Gasteiger charge is -2.24. The third-order valence-corrected chi connectivity index (χ3v) is 4.73. The van der Waals surface area contributed by atoms with Crippen LogP contribution in [0.3, 0.4) is 0 Å². The van der Waals surface area contributed by atoms with Gasteiger partial charge in [-0.2, -0.15) is 0 Å². The quantitative estimate of drug-likeness (QED) is 0.405. The molecular formula is C20H24N4O2. The molecule has 0 bridgehead atoms. The number of guanidine groups is 1. The molecule has 0 aromatic heterocycles. The van der Waals surface area contributed by atoms with Crippen molar-refractivity contribution in [3.05, 3.63) is 59.2 Å². The monoisotopic (exact) mass is 352 g/mol. The van der Waals surface area contributed by atoms with Crippen LogP contribution in [-0.2, 0) is 24.2 Å². The smallest absolute Gasteiger partial charge is 0.303 e. The van der Waals surface area contributed by atoms with Crippen molar-refractivity contribution in [1.29, 1.82) is 5.41 Å². The zero-order chi connectivity index (χ0) is 18.5. The molecule has 0 radical (unpaired) electrons. The molecule has 0 saturated carbocycles. The fourth-order valence-corrected chi connectivity index (χ4v) is 3.43. The molecule has 6 heteroatoms. The predicted octanol–water partition coefficient (Wildman–Crippen LogP) is 3.18. The standard InChI is InChI=1S/C20H24N4O2/c21-20(22)24-17-6-2-13(3-7-17)12-23-18-8-5-15-4-1-14(10-19(25)26)9-16(15)11-18/h2-3,5-8,11,14,23H,1,4,9-10,12H2,(H,25,26)(H4,21,22,24). The number of benzene rings is 2. The Morgan fingerprint density at radius 2 is 1.88 bits per heavy atom. The van der Waals surface area contributed by atoms with Crippen LogP contribution in [-0.4, -0.2) is 17.0 Å². The minimum Gasteiger partial charge on any atom is -0.481 e. The highest BCUT2D eigenvalue weighted by Crippen LogP contribution is 2.29. The second kappa shape index (κ2) is 7.91. The Hall–Kier alpha value is -3.02. The summed E-state index contributed by atoms with van der Waals surface area (Å²) in [7, 11) is 0. The molecule has 0 amide bonds. The largest absolute Gasteiger partial charge is 0.481 e. The molecule has 1 unspecified atom stereocenters. The summed E-state index contributed by atoms with van der Waals surface area (Å²) in [5.74, 6) is -0.557. The van der Waals surface area contributed by atoms with Gasteiger partial charge in [0.05, 0.1) is 0 Å². The number of fused-ring (bicyclic) bond motifs is 1. The van der Waals surface area contributed by atoms with Gasteiger partial charge in [0.15, 0.2) is 5.96 Å². The summed E-state index contributed by atoms with van der Waals surface area (Å²) in [6, 6.07) is 14.1. The van der Waals surface area contributed by atoms with Gasteiger partial charge in [0.1, 0.15) is 0 Å². The minimum absolute atomic E-state index is 0.0777. The lowest BCUT2D eigenvalue weighted by atomic mass is 9.82. The molecule has 3 rings (SSSR count). The Bertz CT molecular complexity index is 802. The number of hydrogen-bond acceptors (Lipinski definition) is 3. The van der Waals surface area contributed by atoms with Crippen LogP contribution >= 0.6 is 0 Å². The molecule has 2 aromatic carbocycles. The number of carbonyl (C=O) groups is 1. The molecule has 1 atom stereocenters. The molecule has 0 fully saturated rings. The molecule has 0 spiro atoms. The number of aliphatic carboxylic acids is 1. The summed E-state index contributed by atoms with van der Waals surface area (Å²) in [4.78, 5) is 11.0. The highest BCUT2D eigenvalue weighted by molar-refractivity contribution is 5.89. The topological polar surface area (TPSA) is 111 Å². The van der Waals surface area contributed by atoms with Crippen molar-refractivity contribution in [2.75, 3.05) is 10.6 Å². The van der Waals surface area contributed by atoms with Gasteiger partial charge in [-0.05, 0) is 66.1 Å². The average molecular weight is 352 g/mol. The van der Waals surface area contributed by atoms with Gasteiger partial charge in [0.2, 0.25) is 0 Å². The second-order valence-electron chi connectivity index (χ2n) is 6.78. The van der Waals surface area contributed by atoms with Crippen molar-refractivity contribution in [3.63, 3.8) is 0 Å². The van der Waals surface area contributed by atoms with E-state index in [1.165, 1.54) is 11.1 Å². The summed E-state index contributed by atoms with van der Waals surface area (Å²) in [5, 5.41) is 22.4. The van der Waals surface area contributed by atoms with E-state index in [2.05, 4.69) is 28.8 Å². The number of nitrogens with two attached hydrogens (primary N) is 1. The van der Waals surface area contributed by atoms with Crippen LogP contribution < -0.4 is 16.4 Å². The van der Waals surface area contributed by atoms with Gasteiger partial charge in [0.25, 0.3) is 0 Å². The zero-order valence-electron chi connectivity index (χ0n) is 14.6. The van der Waals surface area contributed by atoms with Crippen molar-refractivity contribution in [2.24, 2.45) is 11.7 Å². The maximum absolute atomic E-state index is 11.0. The Morgan fingerprint density at radius 3 is 2.58 bits per heavy atom. The summed E-state index contributed by atoms with van der Waals surface area (Å²) >= 11 is 0. The SMILES string of the molecule is N=C(N)Nc1ccc(CNc2ccc3c(c2)CC(CC(=O)O)CC3)cc1. The Morgan fingerprint density at radius 1 is 1.15 bits per heavy atom. The number of nitrogens with one attached hydrogen (secondary N) is 3. The molecule has 6 nitrogen and oxygen atoms in total. The first-order valence-electron chi connectivity index (χ1n) is 8.77. The highest BCUT2D eigenvalue weighted by Gasteiger charge is 2.21. The van der Waals surface area contributed by atoms with E-state index < -0.39 is 5.97 Å². The summed E-state index contributed by atoms with van der Waals surface area (Å²) in [6.45, 7) is 0.692. The maximum atomic E-state index is 11.0. The number of carboxylic acids is 1. The average Bonchev–Trinajstić information content (AvgIpc) is 2.60. The lowest BCUT2D eigenvalue weighted by molar-refractivity contribution is -0.138. The molecule has 26 heavy (non-hydrogen) atoms. The third kappa shape index (κ3) is 4.75. The molecule has 1 aliphatic rings. The Kier molecular flexibility index (Phi) is 5.41. The van der Waals surface area contributed by atoms with Crippen LogP contribution in [0.2, 0.25) is 0 Å². The molecule has 0 saturated heterocycles. The van der Waals surface area contributed by atoms with Gasteiger partial charge in [-0.25, -0.2) is 0 Å². The van der Waals surface area contributed by atoms with E-state index in [4.69, 9.17) is 16.2 Å². The van der Waals surface area contributed by atoms with E-state index >= 15 is 0 Å². The van der Waals surface area contributed by atoms with Gasteiger partial charge in [-0.1, -0.05) is 18.2 Å². The zero-order valence-corrected chi connectivity index (χ0v) is 14.6. The van der Waals surface area contributed by atoms with Gasteiger partial charge >= 0.3 is 5.97 Å². The van der Waals surface area contributed by atoms with E-state index in [-0.39, 0.29) is 18.3 Å². The number of hydrogen-bond donors (Lipinski definition) is 5. The first kappa shape index (κ1) is 17.8. The van der Waals surface area contributed by atoms with E-state index in [9.17, 15) is 4.79 Å². The van der Waals surface area contributed by atoms with E-state index in [0.29, 0.717) is 6.54 Å². The number of carboxylic acid groups (broad SMARTS) is 1. The predicted molar refractivity (Wildman–Crippen MR) is 104 cm³/mol. The molecule has 0 heterocycles. The van der Waals surface area contributed by atoms with Crippen LogP contribution in [0.1, 0.15) is 29.5 Å². The molecule has 6 N–H and O–H groups in total. The van der Waals surface area contributed by atoms with Crippen LogP contribution in [0.15, 0.2) is 42.5 Å². The van der Waals surface area contributed by atoms with Gasteiger partial charge < -0.3 is 21.5 Å². The molecule has 0 aliphatic heterocycles. The first-order chi connectivity index (χ1) is 12.5. The van der Waals surface area contributed by atoms with Crippen LogP contribution in [0.4, 0.5) is 11.4 Å². The van der Waals surface area contributed by atoms with Crippen molar-refractivity contribution in [3.8, 4) is 0 Å². The van der Waals surface area contributed by atoms with E-state index in [1.54, 1.807) is 0 Å². The Labute approximate surface area is 152 Å². The molecule has 136 valence electrons. The minimum atomic E-state index is -0.713. The second-order valence-corrected chi connectivity index (χ2v) is 6.78. The van der Waals surface area contributed by atoms with Crippen LogP contribution in [0.25, 0.3) is 0 Å². The fourth-order valence-electron chi connectivity index (χ4n) is 3.43. The molecule has 1 aliphatic carbocycles. The summed E-state index contributed by atoms with van der Waals surface area (Å²) < 4.78 is 0. The fraction of sp³-hybridized carbons (Fsp3) is 0.300. The normalized spacial score (nSPS) is 15.8. The summed E-state index contributed by atoms with van der Waals surface area (Å²) in [5.41, 5.74) is 10.9. The maximum Gasteiger partial charge on any atom is 0.303 e. The number of anilines is 2. The first-order valence-corrected chi connectivity index (χ1v) is 8.77.